The summed E-state index contributed by atoms with van der Waals surface area (Å²) in [6.07, 6.45) is 0. The Bertz CT molecular complexity index is 752. The highest BCUT2D eigenvalue weighted by Crippen LogP contribution is 2.17. The number of rotatable bonds is 6. The van der Waals surface area contributed by atoms with E-state index < -0.39 is 0 Å². The molecule has 0 atom stereocenters. The number of nitrogens with zero attached hydrogens (tertiary/aromatic N) is 1. The van der Waals surface area contributed by atoms with E-state index >= 15 is 0 Å². The van der Waals surface area contributed by atoms with Crippen LogP contribution in [0.2, 0.25) is 0 Å². The highest BCUT2D eigenvalue weighted by Gasteiger charge is 2.10. The first-order valence-electron chi connectivity index (χ1n) is 8.28. The second-order valence-corrected chi connectivity index (χ2v) is 6.41. The van der Waals surface area contributed by atoms with E-state index in [0.717, 1.165) is 23.4 Å². The quantitative estimate of drug-likeness (QED) is 0.851. The fourth-order valence-corrected chi connectivity index (χ4v) is 2.42. The monoisotopic (exact) mass is 339 g/mol. The molecule has 132 valence electrons. The summed E-state index contributed by atoms with van der Waals surface area (Å²) in [7, 11) is 3.91. The third-order valence-corrected chi connectivity index (χ3v) is 3.88. The van der Waals surface area contributed by atoms with Crippen molar-refractivity contribution < 1.29 is 9.59 Å². The number of amides is 2. The molecule has 2 rings (SSSR count). The molecule has 0 unspecified atom stereocenters. The predicted octanol–water partition coefficient (Wildman–Crippen LogP) is 2.85. The van der Waals surface area contributed by atoms with Gasteiger partial charge in [0.25, 0.3) is 11.8 Å². The summed E-state index contributed by atoms with van der Waals surface area (Å²) >= 11 is 0. The number of carbonyl (C=O) groups excluding carboxylic acids is 2. The van der Waals surface area contributed by atoms with Gasteiger partial charge in [-0.15, -0.1) is 0 Å². The van der Waals surface area contributed by atoms with Crippen molar-refractivity contribution in [3.63, 3.8) is 0 Å². The van der Waals surface area contributed by atoms with Gasteiger partial charge >= 0.3 is 0 Å². The first-order valence-corrected chi connectivity index (χ1v) is 8.28. The molecule has 5 heteroatoms. The Morgan fingerprint density at radius 3 is 2.08 bits per heavy atom. The van der Waals surface area contributed by atoms with E-state index in [1.807, 2.05) is 51.0 Å². The van der Waals surface area contributed by atoms with Gasteiger partial charge in [0, 0.05) is 29.9 Å². The molecule has 2 aromatic rings. The van der Waals surface area contributed by atoms with Crippen LogP contribution in [0.5, 0.6) is 0 Å². The number of nitrogens with one attached hydrogen (secondary N) is 2. The maximum atomic E-state index is 12.4. The van der Waals surface area contributed by atoms with Crippen LogP contribution in [0.3, 0.4) is 0 Å². The van der Waals surface area contributed by atoms with Gasteiger partial charge in [-0.2, -0.15) is 0 Å². The molecule has 2 aromatic carbocycles. The molecule has 0 aliphatic rings. The van der Waals surface area contributed by atoms with Crippen LogP contribution in [0.4, 0.5) is 5.69 Å². The molecule has 25 heavy (non-hydrogen) atoms. The molecule has 2 amide bonds. The summed E-state index contributed by atoms with van der Waals surface area (Å²) in [5.41, 5.74) is 4.03. The lowest BCUT2D eigenvalue weighted by atomic mass is 10.1. The molecule has 0 spiro atoms. The number of anilines is 1. The lowest BCUT2D eigenvalue weighted by Crippen LogP contribution is -2.31. The van der Waals surface area contributed by atoms with Crippen molar-refractivity contribution in [3.8, 4) is 0 Å². The summed E-state index contributed by atoms with van der Waals surface area (Å²) in [5.74, 6) is -0.324. The van der Waals surface area contributed by atoms with Crippen LogP contribution < -0.4 is 10.6 Å². The molecule has 0 fully saturated rings. The molecule has 0 radical (unpaired) electrons. The molecular formula is C20H25N3O2. The standard InChI is InChI=1S/C20H25N3O2/c1-14-5-10-18(15(2)13-14)22-20(25)17-8-6-16(7-9-17)19(24)21-11-12-23(3)4/h5-10,13H,11-12H2,1-4H3,(H,21,24)(H,22,25). The van der Waals surface area contributed by atoms with E-state index in [-0.39, 0.29) is 11.8 Å². The van der Waals surface area contributed by atoms with E-state index in [1.54, 1.807) is 24.3 Å². The van der Waals surface area contributed by atoms with Crippen LogP contribution in [-0.2, 0) is 0 Å². The van der Waals surface area contributed by atoms with Gasteiger partial charge in [0.1, 0.15) is 0 Å². The van der Waals surface area contributed by atoms with Gasteiger partial charge in [-0.05, 0) is 63.8 Å². The minimum absolute atomic E-state index is 0.136. The molecule has 0 saturated heterocycles. The summed E-state index contributed by atoms with van der Waals surface area (Å²) < 4.78 is 0. The van der Waals surface area contributed by atoms with Gasteiger partial charge in [0.2, 0.25) is 0 Å². The maximum Gasteiger partial charge on any atom is 0.255 e. The van der Waals surface area contributed by atoms with E-state index in [4.69, 9.17) is 0 Å². The topological polar surface area (TPSA) is 61.4 Å². The van der Waals surface area contributed by atoms with Crippen LogP contribution in [-0.4, -0.2) is 43.9 Å². The molecule has 0 aliphatic heterocycles. The molecule has 0 saturated carbocycles. The van der Waals surface area contributed by atoms with Gasteiger partial charge in [0.05, 0.1) is 0 Å². The molecule has 5 nitrogen and oxygen atoms in total. The second kappa shape index (κ2) is 8.44. The van der Waals surface area contributed by atoms with Crippen LogP contribution in [0.25, 0.3) is 0 Å². The number of benzene rings is 2. The lowest BCUT2D eigenvalue weighted by molar-refractivity contribution is 0.0949. The normalized spacial score (nSPS) is 10.6. The number of hydrogen-bond acceptors (Lipinski definition) is 3. The first kappa shape index (κ1) is 18.7. The number of likely N-dealkylation sites (N-methyl/N-ethyl adjacent to an activating group) is 1. The van der Waals surface area contributed by atoms with Gasteiger partial charge in [0.15, 0.2) is 0 Å². The molecule has 0 bridgehead atoms. The largest absolute Gasteiger partial charge is 0.351 e. The van der Waals surface area contributed by atoms with Crippen LogP contribution in [0.15, 0.2) is 42.5 Å². The van der Waals surface area contributed by atoms with Gasteiger partial charge in [-0.1, -0.05) is 17.7 Å². The Morgan fingerprint density at radius 1 is 0.920 bits per heavy atom. The Morgan fingerprint density at radius 2 is 1.52 bits per heavy atom. The zero-order valence-corrected chi connectivity index (χ0v) is 15.2. The van der Waals surface area contributed by atoms with Gasteiger partial charge < -0.3 is 15.5 Å². The number of hydrogen-bond donors (Lipinski definition) is 2. The van der Waals surface area contributed by atoms with Crippen molar-refractivity contribution in [2.75, 3.05) is 32.5 Å². The average Bonchev–Trinajstić information content (AvgIpc) is 2.57. The minimum atomic E-state index is -0.188. The summed E-state index contributed by atoms with van der Waals surface area (Å²) in [6.45, 7) is 5.34. The van der Waals surface area contributed by atoms with Crippen LogP contribution in [0.1, 0.15) is 31.8 Å². The van der Waals surface area contributed by atoms with E-state index in [2.05, 4.69) is 10.6 Å². The van der Waals surface area contributed by atoms with E-state index in [0.29, 0.717) is 17.7 Å². The molecular weight excluding hydrogens is 314 g/mol. The summed E-state index contributed by atoms with van der Waals surface area (Å²) in [4.78, 5) is 26.4. The molecule has 0 aliphatic carbocycles. The maximum absolute atomic E-state index is 12.4. The van der Waals surface area contributed by atoms with Gasteiger partial charge in [-0.3, -0.25) is 9.59 Å². The smallest absolute Gasteiger partial charge is 0.255 e. The lowest BCUT2D eigenvalue weighted by Gasteiger charge is -2.11. The minimum Gasteiger partial charge on any atom is -0.351 e. The van der Waals surface area contributed by atoms with Gasteiger partial charge in [-0.25, -0.2) is 0 Å². The fraction of sp³-hybridized carbons (Fsp3) is 0.300. The van der Waals surface area contributed by atoms with Crippen molar-refractivity contribution in [1.82, 2.24) is 10.2 Å². The van der Waals surface area contributed by atoms with Crippen molar-refractivity contribution in [2.45, 2.75) is 13.8 Å². The summed E-state index contributed by atoms with van der Waals surface area (Å²) in [5, 5.41) is 5.75. The number of aryl methyl sites for hydroxylation is 2. The highest BCUT2D eigenvalue weighted by atomic mass is 16.2. The Labute approximate surface area is 149 Å². The summed E-state index contributed by atoms with van der Waals surface area (Å²) in [6, 6.07) is 12.6. The Kier molecular flexibility index (Phi) is 6.31. The highest BCUT2D eigenvalue weighted by molar-refractivity contribution is 6.05. The zero-order valence-electron chi connectivity index (χ0n) is 15.2. The van der Waals surface area contributed by atoms with Crippen molar-refractivity contribution in [2.24, 2.45) is 0 Å². The molecule has 0 heterocycles. The third-order valence-electron chi connectivity index (χ3n) is 3.88. The van der Waals surface area contributed by atoms with Crippen molar-refractivity contribution >= 4 is 17.5 Å². The Balaban J connectivity index is 1.99. The molecule has 2 N–H and O–H groups in total. The van der Waals surface area contributed by atoms with Crippen LogP contribution in [0, 0.1) is 13.8 Å². The fourth-order valence-electron chi connectivity index (χ4n) is 2.42. The first-order chi connectivity index (χ1) is 11.9. The van der Waals surface area contributed by atoms with E-state index in [1.165, 1.54) is 0 Å². The zero-order chi connectivity index (χ0) is 18.4. The van der Waals surface area contributed by atoms with Crippen LogP contribution >= 0.6 is 0 Å². The van der Waals surface area contributed by atoms with Crippen molar-refractivity contribution in [1.29, 1.82) is 0 Å². The Hall–Kier alpha value is -2.66. The average molecular weight is 339 g/mol. The second-order valence-electron chi connectivity index (χ2n) is 6.41. The SMILES string of the molecule is Cc1ccc(NC(=O)c2ccc(C(=O)NCCN(C)C)cc2)c(C)c1. The van der Waals surface area contributed by atoms with E-state index in [9.17, 15) is 9.59 Å². The molecule has 0 aromatic heterocycles. The van der Waals surface area contributed by atoms with Crippen molar-refractivity contribution in [3.05, 3.63) is 64.7 Å². The number of carbonyl (C=O) groups is 2. The predicted molar refractivity (Wildman–Crippen MR) is 101 cm³/mol. The third kappa shape index (κ3) is 5.43.